The standard InChI is InChI=1S/C13H11ClN2O2/c1-16(9-4-2-5-10(17)8-9)13(18)11-6-3-7-15-12(11)14/h2-8,17H,1H3. The van der Waals surface area contributed by atoms with Crippen LogP contribution < -0.4 is 4.90 Å². The Bertz CT molecular complexity index is 587. The SMILES string of the molecule is CN(C(=O)c1cccnc1Cl)c1cccc(O)c1. The molecule has 0 spiro atoms. The summed E-state index contributed by atoms with van der Waals surface area (Å²) in [6.07, 6.45) is 1.52. The predicted molar refractivity (Wildman–Crippen MR) is 70.1 cm³/mol. The highest BCUT2D eigenvalue weighted by atomic mass is 35.5. The van der Waals surface area contributed by atoms with E-state index in [1.165, 1.54) is 17.2 Å². The van der Waals surface area contributed by atoms with E-state index in [9.17, 15) is 9.90 Å². The summed E-state index contributed by atoms with van der Waals surface area (Å²) >= 11 is 5.87. The molecule has 1 aromatic heterocycles. The molecule has 1 heterocycles. The highest BCUT2D eigenvalue weighted by molar-refractivity contribution is 6.33. The van der Waals surface area contributed by atoms with Gasteiger partial charge in [-0.3, -0.25) is 4.79 Å². The number of amides is 1. The molecule has 0 saturated heterocycles. The first kappa shape index (κ1) is 12.4. The van der Waals surface area contributed by atoms with Crippen molar-refractivity contribution in [1.29, 1.82) is 0 Å². The number of benzene rings is 1. The van der Waals surface area contributed by atoms with Crippen molar-refractivity contribution in [1.82, 2.24) is 4.98 Å². The fourth-order valence-electron chi connectivity index (χ4n) is 1.55. The summed E-state index contributed by atoms with van der Waals surface area (Å²) in [5.74, 6) is -0.178. The van der Waals surface area contributed by atoms with Crippen molar-refractivity contribution < 1.29 is 9.90 Å². The van der Waals surface area contributed by atoms with Crippen LogP contribution in [-0.4, -0.2) is 23.0 Å². The third-order valence-corrected chi connectivity index (χ3v) is 2.81. The van der Waals surface area contributed by atoms with Gasteiger partial charge in [0.15, 0.2) is 0 Å². The number of phenols is 1. The number of aromatic nitrogens is 1. The maximum Gasteiger partial charge on any atom is 0.261 e. The molecule has 0 atom stereocenters. The monoisotopic (exact) mass is 262 g/mol. The molecule has 0 aliphatic heterocycles. The second-order valence-electron chi connectivity index (χ2n) is 3.73. The Morgan fingerprint density at radius 3 is 2.78 bits per heavy atom. The molecule has 0 fully saturated rings. The summed E-state index contributed by atoms with van der Waals surface area (Å²) in [7, 11) is 1.61. The minimum absolute atomic E-state index is 0.101. The number of carbonyl (C=O) groups excluding carboxylic acids is 1. The first-order valence-corrected chi connectivity index (χ1v) is 5.65. The van der Waals surface area contributed by atoms with Gasteiger partial charge < -0.3 is 10.0 Å². The van der Waals surface area contributed by atoms with Crippen LogP contribution in [0.3, 0.4) is 0 Å². The van der Waals surface area contributed by atoms with Gasteiger partial charge in [0.1, 0.15) is 10.9 Å². The number of halogens is 1. The van der Waals surface area contributed by atoms with Crippen molar-refractivity contribution in [2.24, 2.45) is 0 Å². The van der Waals surface area contributed by atoms with E-state index in [0.29, 0.717) is 11.3 Å². The molecule has 0 aliphatic rings. The van der Waals surface area contributed by atoms with E-state index in [1.807, 2.05) is 0 Å². The Balaban J connectivity index is 2.32. The Kier molecular flexibility index (Phi) is 3.48. The molecule has 0 bridgehead atoms. The van der Waals surface area contributed by atoms with Crippen molar-refractivity contribution in [3.05, 3.63) is 53.3 Å². The van der Waals surface area contributed by atoms with Crippen LogP contribution in [0.25, 0.3) is 0 Å². The number of phenolic OH excluding ortho intramolecular Hbond substituents is 1. The zero-order chi connectivity index (χ0) is 13.1. The van der Waals surface area contributed by atoms with Crippen LogP contribution in [0, 0.1) is 0 Å². The predicted octanol–water partition coefficient (Wildman–Crippen LogP) is 2.72. The summed E-state index contributed by atoms with van der Waals surface area (Å²) in [5.41, 5.74) is 0.907. The Labute approximate surface area is 109 Å². The van der Waals surface area contributed by atoms with Gasteiger partial charge in [0.25, 0.3) is 5.91 Å². The molecule has 1 amide bonds. The summed E-state index contributed by atoms with van der Waals surface area (Å²) in [6, 6.07) is 9.69. The first-order chi connectivity index (χ1) is 8.59. The van der Waals surface area contributed by atoms with Gasteiger partial charge in [0.2, 0.25) is 0 Å². The van der Waals surface area contributed by atoms with Crippen LogP contribution in [0.1, 0.15) is 10.4 Å². The zero-order valence-corrected chi connectivity index (χ0v) is 10.4. The van der Waals surface area contributed by atoms with Gasteiger partial charge >= 0.3 is 0 Å². The van der Waals surface area contributed by atoms with Gasteiger partial charge in [-0.25, -0.2) is 4.98 Å². The number of nitrogens with zero attached hydrogens (tertiary/aromatic N) is 2. The number of pyridine rings is 1. The fraction of sp³-hybridized carbons (Fsp3) is 0.0769. The molecule has 2 rings (SSSR count). The minimum Gasteiger partial charge on any atom is -0.508 e. The van der Waals surface area contributed by atoms with E-state index in [4.69, 9.17) is 11.6 Å². The lowest BCUT2D eigenvalue weighted by atomic mass is 10.2. The maximum absolute atomic E-state index is 12.2. The lowest BCUT2D eigenvalue weighted by molar-refractivity contribution is 0.0993. The summed E-state index contributed by atoms with van der Waals surface area (Å²) in [4.78, 5) is 17.5. The molecule has 0 saturated carbocycles. The van der Waals surface area contributed by atoms with Gasteiger partial charge in [-0.05, 0) is 24.3 Å². The van der Waals surface area contributed by atoms with E-state index in [-0.39, 0.29) is 16.8 Å². The molecular weight excluding hydrogens is 252 g/mol. The smallest absolute Gasteiger partial charge is 0.261 e. The largest absolute Gasteiger partial charge is 0.508 e. The molecule has 4 nitrogen and oxygen atoms in total. The van der Waals surface area contributed by atoms with Gasteiger partial charge in [-0.2, -0.15) is 0 Å². The number of rotatable bonds is 2. The van der Waals surface area contributed by atoms with Crippen LogP contribution >= 0.6 is 11.6 Å². The zero-order valence-electron chi connectivity index (χ0n) is 9.67. The topological polar surface area (TPSA) is 53.4 Å². The molecule has 0 unspecified atom stereocenters. The number of aromatic hydroxyl groups is 1. The minimum atomic E-state index is -0.279. The van der Waals surface area contributed by atoms with Crippen LogP contribution in [-0.2, 0) is 0 Å². The number of hydrogen-bond acceptors (Lipinski definition) is 3. The van der Waals surface area contributed by atoms with Crippen molar-refractivity contribution >= 4 is 23.2 Å². The van der Waals surface area contributed by atoms with E-state index in [1.54, 1.807) is 37.4 Å². The molecule has 92 valence electrons. The molecule has 0 radical (unpaired) electrons. The van der Waals surface area contributed by atoms with Crippen LogP contribution in [0.4, 0.5) is 5.69 Å². The van der Waals surface area contributed by atoms with Gasteiger partial charge in [0.05, 0.1) is 5.56 Å². The lowest BCUT2D eigenvalue weighted by Gasteiger charge is -2.17. The van der Waals surface area contributed by atoms with E-state index >= 15 is 0 Å². The third-order valence-electron chi connectivity index (χ3n) is 2.51. The first-order valence-electron chi connectivity index (χ1n) is 5.27. The summed E-state index contributed by atoms with van der Waals surface area (Å²) < 4.78 is 0. The molecule has 1 aromatic carbocycles. The van der Waals surface area contributed by atoms with Gasteiger partial charge in [-0.15, -0.1) is 0 Å². The quantitative estimate of drug-likeness (QED) is 0.847. The van der Waals surface area contributed by atoms with E-state index < -0.39 is 0 Å². The molecule has 18 heavy (non-hydrogen) atoms. The van der Waals surface area contributed by atoms with Crippen LogP contribution in [0.2, 0.25) is 5.15 Å². The summed E-state index contributed by atoms with van der Waals surface area (Å²) in [6.45, 7) is 0. The Morgan fingerprint density at radius 2 is 2.11 bits per heavy atom. The molecule has 5 heteroatoms. The van der Waals surface area contributed by atoms with Crippen molar-refractivity contribution in [2.45, 2.75) is 0 Å². The molecule has 1 N–H and O–H groups in total. The molecule has 2 aromatic rings. The average molecular weight is 263 g/mol. The number of anilines is 1. The fourth-order valence-corrected chi connectivity index (χ4v) is 1.75. The van der Waals surface area contributed by atoms with Crippen molar-refractivity contribution in [2.75, 3.05) is 11.9 Å². The van der Waals surface area contributed by atoms with Crippen molar-refractivity contribution in [3.63, 3.8) is 0 Å². The molecular formula is C13H11ClN2O2. The lowest BCUT2D eigenvalue weighted by Crippen LogP contribution is -2.26. The second-order valence-corrected chi connectivity index (χ2v) is 4.08. The van der Waals surface area contributed by atoms with Gasteiger partial charge in [0, 0.05) is 25.0 Å². The van der Waals surface area contributed by atoms with E-state index in [0.717, 1.165) is 0 Å². The number of carbonyl (C=O) groups is 1. The van der Waals surface area contributed by atoms with E-state index in [2.05, 4.69) is 4.98 Å². The highest BCUT2D eigenvalue weighted by Crippen LogP contribution is 2.22. The van der Waals surface area contributed by atoms with Gasteiger partial charge in [-0.1, -0.05) is 17.7 Å². The van der Waals surface area contributed by atoms with Crippen LogP contribution in [0.15, 0.2) is 42.6 Å². The van der Waals surface area contributed by atoms with Crippen LogP contribution in [0.5, 0.6) is 5.75 Å². The highest BCUT2D eigenvalue weighted by Gasteiger charge is 2.16. The Hall–Kier alpha value is -2.07. The summed E-state index contributed by atoms with van der Waals surface area (Å²) in [5, 5.41) is 9.55. The maximum atomic E-state index is 12.2. The second kappa shape index (κ2) is 5.06. The average Bonchev–Trinajstić information content (AvgIpc) is 2.37. The molecule has 0 aliphatic carbocycles. The Morgan fingerprint density at radius 1 is 1.33 bits per heavy atom. The number of hydrogen-bond donors (Lipinski definition) is 1. The normalized spacial score (nSPS) is 10.1. The van der Waals surface area contributed by atoms with Crippen molar-refractivity contribution in [3.8, 4) is 5.75 Å². The third kappa shape index (κ3) is 2.43.